The van der Waals surface area contributed by atoms with Crippen LogP contribution < -0.4 is 10.1 Å². The molecule has 0 radical (unpaired) electrons. The van der Waals surface area contributed by atoms with Crippen LogP contribution in [0, 0.1) is 6.92 Å². The zero-order valence-electron chi connectivity index (χ0n) is 22.2. The van der Waals surface area contributed by atoms with Crippen LogP contribution in [0.5, 0.6) is 5.75 Å². The Kier molecular flexibility index (Phi) is 8.03. The smallest absolute Gasteiger partial charge is 0.254 e. The molecular weight excluding hydrogens is 492 g/mol. The maximum Gasteiger partial charge on any atom is 0.254 e. The van der Waals surface area contributed by atoms with Crippen LogP contribution in [0.15, 0.2) is 85.1 Å². The second-order valence-electron chi connectivity index (χ2n) is 9.62. The lowest BCUT2D eigenvalue weighted by molar-refractivity contribution is -0.117. The first-order valence-electron chi connectivity index (χ1n) is 13.1. The summed E-state index contributed by atoms with van der Waals surface area (Å²) in [5.41, 5.74) is 4.12. The van der Waals surface area contributed by atoms with Crippen LogP contribution in [-0.4, -0.2) is 59.2 Å². The first kappa shape index (κ1) is 26.2. The fourth-order valence-corrected chi connectivity index (χ4v) is 4.70. The van der Waals surface area contributed by atoms with Crippen molar-refractivity contribution in [2.75, 3.05) is 32.1 Å². The van der Waals surface area contributed by atoms with E-state index in [1.807, 2.05) is 72.3 Å². The molecule has 1 unspecified atom stereocenters. The molecule has 8 heteroatoms. The molecule has 0 bridgehead atoms. The summed E-state index contributed by atoms with van der Waals surface area (Å²) in [5.74, 6) is 0.467. The summed E-state index contributed by atoms with van der Waals surface area (Å²) in [5, 5.41) is 2.96. The van der Waals surface area contributed by atoms with Gasteiger partial charge in [-0.2, -0.15) is 0 Å². The van der Waals surface area contributed by atoms with Gasteiger partial charge in [-0.3, -0.25) is 19.5 Å². The number of anilines is 1. The van der Waals surface area contributed by atoms with E-state index in [4.69, 9.17) is 14.5 Å². The van der Waals surface area contributed by atoms with E-state index in [1.165, 1.54) is 0 Å². The Balaban J connectivity index is 1.40. The van der Waals surface area contributed by atoms with Gasteiger partial charge in [-0.25, -0.2) is 4.98 Å². The van der Waals surface area contributed by atoms with Gasteiger partial charge in [0, 0.05) is 36.2 Å². The summed E-state index contributed by atoms with van der Waals surface area (Å²) < 4.78 is 12.9. The SMILES string of the molecule is COc1ccc(C(=O)N(CC(=O)Nc2nc(-c3ccccc3)cn2-c2cccc(C)c2)CC2CCCO2)cc1. The van der Waals surface area contributed by atoms with Crippen LogP contribution in [-0.2, 0) is 9.53 Å². The average molecular weight is 525 g/mol. The molecule has 5 rings (SSSR count). The number of amides is 2. The Morgan fingerprint density at radius 3 is 2.56 bits per heavy atom. The summed E-state index contributed by atoms with van der Waals surface area (Å²) in [6.07, 6.45) is 3.61. The molecule has 0 spiro atoms. The number of benzene rings is 3. The number of hydrogen-bond donors (Lipinski definition) is 1. The van der Waals surface area contributed by atoms with Crippen molar-refractivity contribution >= 4 is 17.8 Å². The fourth-order valence-electron chi connectivity index (χ4n) is 4.70. The minimum Gasteiger partial charge on any atom is -0.497 e. The first-order chi connectivity index (χ1) is 19.0. The van der Waals surface area contributed by atoms with E-state index in [9.17, 15) is 9.59 Å². The normalized spacial score (nSPS) is 14.7. The number of carbonyl (C=O) groups excluding carboxylic acids is 2. The maximum atomic E-state index is 13.5. The van der Waals surface area contributed by atoms with E-state index in [0.717, 1.165) is 35.3 Å². The maximum absolute atomic E-state index is 13.5. The molecule has 3 aromatic carbocycles. The molecule has 0 saturated carbocycles. The monoisotopic (exact) mass is 524 g/mol. The van der Waals surface area contributed by atoms with Gasteiger partial charge in [0.15, 0.2) is 0 Å². The number of rotatable bonds is 9. The van der Waals surface area contributed by atoms with E-state index in [0.29, 0.717) is 30.4 Å². The number of nitrogens with one attached hydrogen (secondary N) is 1. The largest absolute Gasteiger partial charge is 0.497 e. The van der Waals surface area contributed by atoms with E-state index >= 15 is 0 Å². The Labute approximate surface area is 228 Å². The Morgan fingerprint density at radius 2 is 1.87 bits per heavy atom. The molecular formula is C31H32N4O4. The van der Waals surface area contributed by atoms with E-state index in [-0.39, 0.29) is 24.5 Å². The number of methoxy groups -OCH3 is 1. The molecule has 2 heterocycles. The number of nitrogens with zero attached hydrogens (tertiary/aromatic N) is 3. The number of carbonyl (C=O) groups is 2. The van der Waals surface area contributed by atoms with E-state index in [1.54, 1.807) is 36.3 Å². The lowest BCUT2D eigenvalue weighted by Gasteiger charge is -2.25. The van der Waals surface area contributed by atoms with Crippen molar-refractivity contribution in [2.45, 2.75) is 25.9 Å². The van der Waals surface area contributed by atoms with Crippen molar-refractivity contribution in [3.05, 3.63) is 96.2 Å². The molecule has 1 aliphatic heterocycles. The summed E-state index contributed by atoms with van der Waals surface area (Å²) >= 11 is 0. The Morgan fingerprint density at radius 1 is 1.08 bits per heavy atom. The van der Waals surface area contributed by atoms with Crippen molar-refractivity contribution in [1.29, 1.82) is 0 Å². The van der Waals surface area contributed by atoms with Gasteiger partial charge in [0.05, 0.1) is 18.9 Å². The molecule has 1 aromatic heterocycles. The highest BCUT2D eigenvalue weighted by molar-refractivity contribution is 5.99. The number of imidazole rings is 1. The topological polar surface area (TPSA) is 85.7 Å². The first-order valence-corrected chi connectivity index (χ1v) is 13.1. The number of aryl methyl sites for hydroxylation is 1. The van der Waals surface area contributed by atoms with Crippen LogP contribution in [0.25, 0.3) is 16.9 Å². The van der Waals surface area contributed by atoms with Crippen molar-refractivity contribution in [1.82, 2.24) is 14.5 Å². The highest BCUT2D eigenvalue weighted by atomic mass is 16.5. The second kappa shape index (κ2) is 12.0. The quantitative estimate of drug-likeness (QED) is 0.329. The van der Waals surface area contributed by atoms with Gasteiger partial charge in [0.25, 0.3) is 5.91 Å². The van der Waals surface area contributed by atoms with Gasteiger partial charge >= 0.3 is 0 Å². The van der Waals surface area contributed by atoms with Crippen molar-refractivity contribution in [3.63, 3.8) is 0 Å². The average Bonchev–Trinajstić information content (AvgIpc) is 3.63. The van der Waals surface area contributed by atoms with Gasteiger partial charge in [-0.05, 0) is 61.7 Å². The highest BCUT2D eigenvalue weighted by Crippen LogP contribution is 2.25. The molecule has 8 nitrogen and oxygen atoms in total. The summed E-state index contributed by atoms with van der Waals surface area (Å²) in [6.45, 7) is 2.88. The molecule has 4 aromatic rings. The van der Waals surface area contributed by atoms with Gasteiger partial charge in [0.2, 0.25) is 11.9 Å². The van der Waals surface area contributed by atoms with Crippen LogP contribution in [0.1, 0.15) is 28.8 Å². The predicted octanol–water partition coefficient (Wildman–Crippen LogP) is 5.12. The van der Waals surface area contributed by atoms with Gasteiger partial charge in [-0.15, -0.1) is 0 Å². The summed E-state index contributed by atoms with van der Waals surface area (Å²) in [4.78, 5) is 33.2. The molecule has 2 amide bonds. The summed E-state index contributed by atoms with van der Waals surface area (Å²) in [7, 11) is 1.58. The Hall–Kier alpha value is -4.43. The minimum absolute atomic E-state index is 0.0982. The minimum atomic E-state index is -0.339. The third-order valence-electron chi connectivity index (χ3n) is 6.71. The lowest BCUT2D eigenvalue weighted by Crippen LogP contribution is -2.42. The van der Waals surface area contributed by atoms with Crippen LogP contribution in [0.2, 0.25) is 0 Å². The molecule has 1 N–H and O–H groups in total. The zero-order valence-corrected chi connectivity index (χ0v) is 22.2. The lowest BCUT2D eigenvalue weighted by atomic mass is 10.1. The third kappa shape index (κ3) is 6.35. The van der Waals surface area contributed by atoms with Crippen LogP contribution in [0.3, 0.4) is 0 Å². The third-order valence-corrected chi connectivity index (χ3v) is 6.71. The van der Waals surface area contributed by atoms with Crippen molar-refractivity contribution in [2.24, 2.45) is 0 Å². The van der Waals surface area contributed by atoms with Crippen molar-refractivity contribution < 1.29 is 19.1 Å². The van der Waals surface area contributed by atoms with Gasteiger partial charge in [-0.1, -0.05) is 42.5 Å². The number of ether oxygens (including phenoxy) is 2. The standard InChI is InChI=1S/C31H32N4O4/c1-22-8-6-11-25(18-22)35-20-28(23-9-4-3-5-10-23)32-31(35)33-29(36)21-34(19-27-12-7-17-39-27)30(37)24-13-15-26(38-2)16-14-24/h3-6,8-11,13-16,18,20,27H,7,12,17,19,21H2,1-2H3,(H,32,33,36). The molecule has 1 saturated heterocycles. The van der Waals surface area contributed by atoms with Gasteiger partial charge < -0.3 is 14.4 Å². The van der Waals surface area contributed by atoms with Crippen molar-refractivity contribution in [3.8, 4) is 22.7 Å². The van der Waals surface area contributed by atoms with E-state index in [2.05, 4.69) is 5.32 Å². The highest BCUT2D eigenvalue weighted by Gasteiger charge is 2.26. The van der Waals surface area contributed by atoms with E-state index < -0.39 is 0 Å². The van der Waals surface area contributed by atoms with Gasteiger partial charge in [0.1, 0.15) is 12.3 Å². The molecule has 1 atom stereocenters. The molecule has 1 fully saturated rings. The molecule has 0 aliphatic carbocycles. The van der Waals surface area contributed by atoms with Crippen LogP contribution >= 0.6 is 0 Å². The molecule has 39 heavy (non-hydrogen) atoms. The second-order valence-corrected chi connectivity index (χ2v) is 9.62. The summed E-state index contributed by atoms with van der Waals surface area (Å²) in [6, 6.07) is 24.7. The fraction of sp³-hybridized carbons (Fsp3) is 0.258. The van der Waals surface area contributed by atoms with Crippen LogP contribution in [0.4, 0.5) is 5.95 Å². The number of hydrogen-bond acceptors (Lipinski definition) is 5. The predicted molar refractivity (Wildman–Crippen MR) is 150 cm³/mol. The molecule has 200 valence electrons. The Bertz CT molecular complexity index is 1430. The number of aromatic nitrogens is 2. The molecule has 1 aliphatic rings. The zero-order chi connectivity index (χ0) is 27.2.